The zero-order chi connectivity index (χ0) is 18.4. The molecule has 1 saturated carbocycles. The van der Waals surface area contributed by atoms with Gasteiger partial charge >= 0.3 is 0 Å². The monoisotopic (exact) mass is 358 g/mol. The molecule has 2 aliphatic rings. The molecule has 5 nitrogen and oxygen atoms in total. The molecular weight excluding hydrogens is 328 g/mol. The normalized spacial score (nSPS) is 21.8. The quantitative estimate of drug-likeness (QED) is 0.866. The van der Waals surface area contributed by atoms with Crippen LogP contribution in [-0.2, 0) is 4.79 Å². The van der Waals surface area contributed by atoms with Crippen LogP contribution in [-0.4, -0.2) is 41.0 Å². The van der Waals surface area contributed by atoms with Crippen LogP contribution in [0.4, 0.5) is 0 Å². The Hall–Kier alpha value is -2.04. The highest BCUT2D eigenvalue weighted by molar-refractivity contribution is 5.99. The number of para-hydroxylation sites is 1. The first kappa shape index (κ1) is 18.7. The summed E-state index contributed by atoms with van der Waals surface area (Å²) in [5.74, 6) is 0.223. The third-order valence-electron chi connectivity index (χ3n) is 5.74. The number of phenolic OH excluding ortho intramolecular Hbond substituents is 1. The molecule has 1 atom stereocenters. The van der Waals surface area contributed by atoms with Crippen molar-refractivity contribution in [2.24, 2.45) is 5.92 Å². The first-order valence-corrected chi connectivity index (χ1v) is 10.0. The van der Waals surface area contributed by atoms with Crippen LogP contribution in [0.1, 0.15) is 68.1 Å². The Labute approximate surface area is 155 Å². The molecular formula is C21H30N2O3. The van der Waals surface area contributed by atoms with E-state index < -0.39 is 6.04 Å². The number of hydrogen-bond acceptors (Lipinski definition) is 3. The van der Waals surface area contributed by atoms with Crippen molar-refractivity contribution in [1.82, 2.24) is 10.2 Å². The molecule has 2 fully saturated rings. The number of carbonyl (C=O) groups excluding carboxylic acids is 2. The second kappa shape index (κ2) is 9.06. The maximum Gasteiger partial charge on any atom is 0.258 e. The minimum Gasteiger partial charge on any atom is -0.507 e. The summed E-state index contributed by atoms with van der Waals surface area (Å²) in [5, 5.41) is 13.0. The molecule has 1 saturated heterocycles. The fourth-order valence-electron chi connectivity index (χ4n) is 4.20. The van der Waals surface area contributed by atoms with Gasteiger partial charge in [-0.3, -0.25) is 9.59 Å². The number of rotatable bonds is 4. The van der Waals surface area contributed by atoms with Crippen molar-refractivity contribution >= 4 is 11.8 Å². The van der Waals surface area contributed by atoms with E-state index in [2.05, 4.69) is 5.32 Å². The summed E-state index contributed by atoms with van der Waals surface area (Å²) in [6, 6.07) is 6.12. The number of amides is 2. The minimum atomic E-state index is -0.421. The van der Waals surface area contributed by atoms with E-state index in [1.807, 2.05) is 0 Å². The van der Waals surface area contributed by atoms with Gasteiger partial charge in [-0.05, 0) is 43.7 Å². The van der Waals surface area contributed by atoms with Crippen LogP contribution >= 0.6 is 0 Å². The highest BCUT2D eigenvalue weighted by atomic mass is 16.3. The molecule has 142 valence electrons. The van der Waals surface area contributed by atoms with Crippen LogP contribution in [0, 0.1) is 5.92 Å². The van der Waals surface area contributed by atoms with Crippen LogP contribution in [0.2, 0.25) is 0 Å². The lowest BCUT2D eigenvalue weighted by Gasteiger charge is -2.26. The predicted molar refractivity (Wildman–Crippen MR) is 101 cm³/mol. The van der Waals surface area contributed by atoms with Crippen molar-refractivity contribution in [3.05, 3.63) is 29.8 Å². The highest BCUT2D eigenvalue weighted by Crippen LogP contribution is 2.25. The van der Waals surface area contributed by atoms with Gasteiger partial charge in [-0.15, -0.1) is 0 Å². The number of carbonyl (C=O) groups is 2. The summed E-state index contributed by atoms with van der Waals surface area (Å²) in [7, 11) is 0. The Bertz CT molecular complexity index is 623. The molecule has 0 bridgehead atoms. The number of likely N-dealkylation sites (tertiary alicyclic amines) is 1. The maximum absolute atomic E-state index is 12.8. The van der Waals surface area contributed by atoms with E-state index in [-0.39, 0.29) is 23.1 Å². The van der Waals surface area contributed by atoms with E-state index in [1.54, 1.807) is 23.1 Å². The van der Waals surface area contributed by atoms with Crippen LogP contribution in [0.25, 0.3) is 0 Å². The van der Waals surface area contributed by atoms with Crippen molar-refractivity contribution in [1.29, 1.82) is 0 Å². The van der Waals surface area contributed by atoms with Gasteiger partial charge in [0.15, 0.2) is 0 Å². The average Bonchev–Trinajstić information content (AvgIpc) is 3.10. The van der Waals surface area contributed by atoms with Gasteiger partial charge in [-0.25, -0.2) is 0 Å². The SMILES string of the molecule is O=C(NCC1CCCCCCC1)[C@@H]1CCCN1C(=O)c1ccccc1O. The van der Waals surface area contributed by atoms with Gasteiger partial charge in [-0.1, -0.05) is 44.2 Å². The first-order valence-electron chi connectivity index (χ1n) is 10.0. The third kappa shape index (κ3) is 4.57. The minimum absolute atomic E-state index is 0.0296. The molecule has 0 aromatic heterocycles. The summed E-state index contributed by atoms with van der Waals surface area (Å²) < 4.78 is 0. The van der Waals surface area contributed by atoms with E-state index >= 15 is 0 Å². The van der Waals surface area contributed by atoms with E-state index in [0.717, 1.165) is 6.42 Å². The molecule has 1 aromatic carbocycles. The van der Waals surface area contributed by atoms with Gasteiger partial charge in [-0.2, -0.15) is 0 Å². The molecule has 1 heterocycles. The van der Waals surface area contributed by atoms with Crippen molar-refractivity contribution < 1.29 is 14.7 Å². The second-order valence-electron chi connectivity index (χ2n) is 7.63. The fourth-order valence-corrected chi connectivity index (χ4v) is 4.20. The molecule has 0 unspecified atom stereocenters. The largest absolute Gasteiger partial charge is 0.507 e. The number of nitrogens with one attached hydrogen (secondary N) is 1. The van der Waals surface area contributed by atoms with E-state index in [1.165, 1.54) is 51.0 Å². The number of phenols is 1. The zero-order valence-electron chi connectivity index (χ0n) is 15.5. The zero-order valence-corrected chi connectivity index (χ0v) is 15.5. The molecule has 1 aromatic rings. The van der Waals surface area contributed by atoms with Crippen LogP contribution < -0.4 is 5.32 Å². The second-order valence-corrected chi connectivity index (χ2v) is 7.63. The van der Waals surface area contributed by atoms with E-state index in [9.17, 15) is 14.7 Å². The highest BCUT2D eigenvalue weighted by Gasteiger charge is 2.35. The van der Waals surface area contributed by atoms with Gasteiger partial charge in [0.25, 0.3) is 5.91 Å². The molecule has 2 N–H and O–H groups in total. The van der Waals surface area contributed by atoms with Crippen LogP contribution in [0.15, 0.2) is 24.3 Å². The van der Waals surface area contributed by atoms with Crippen molar-refractivity contribution in [3.8, 4) is 5.75 Å². The Morgan fingerprint density at radius 2 is 1.69 bits per heavy atom. The summed E-state index contributed by atoms with van der Waals surface area (Å²) in [4.78, 5) is 27.1. The number of benzene rings is 1. The van der Waals surface area contributed by atoms with Crippen LogP contribution in [0.3, 0.4) is 0 Å². The molecule has 3 rings (SSSR count). The Morgan fingerprint density at radius 3 is 2.42 bits per heavy atom. The average molecular weight is 358 g/mol. The lowest BCUT2D eigenvalue weighted by Crippen LogP contribution is -2.47. The molecule has 1 aliphatic carbocycles. The number of hydrogen-bond donors (Lipinski definition) is 2. The van der Waals surface area contributed by atoms with Gasteiger partial charge in [0.1, 0.15) is 11.8 Å². The van der Waals surface area contributed by atoms with E-state index in [4.69, 9.17) is 0 Å². The van der Waals surface area contributed by atoms with Crippen molar-refractivity contribution in [2.45, 2.75) is 63.8 Å². The van der Waals surface area contributed by atoms with Crippen molar-refractivity contribution in [2.75, 3.05) is 13.1 Å². The first-order chi connectivity index (χ1) is 12.7. The van der Waals surface area contributed by atoms with Crippen molar-refractivity contribution in [3.63, 3.8) is 0 Å². The number of aromatic hydroxyl groups is 1. The van der Waals surface area contributed by atoms with Gasteiger partial charge in [0.2, 0.25) is 5.91 Å². The molecule has 5 heteroatoms. The molecule has 1 aliphatic heterocycles. The lowest BCUT2D eigenvalue weighted by atomic mass is 9.91. The Balaban J connectivity index is 1.57. The van der Waals surface area contributed by atoms with Crippen LogP contribution in [0.5, 0.6) is 5.75 Å². The van der Waals surface area contributed by atoms with Gasteiger partial charge < -0.3 is 15.3 Å². The standard InChI is InChI=1S/C21H30N2O3/c24-19-13-7-6-11-17(19)21(26)23-14-8-12-18(23)20(25)22-15-16-9-4-2-1-3-5-10-16/h6-7,11,13,16,18,24H,1-5,8-10,12,14-15H2,(H,22,25)/t18-/m0/s1. The Morgan fingerprint density at radius 1 is 1.00 bits per heavy atom. The molecule has 2 amide bonds. The summed E-state index contributed by atoms with van der Waals surface area (Å²) >= 11 is 0. The third-order valence-corrected chi connectivity index (χ3v) is 5.74. The summed E-state index contributed by atoms with van der Waals surface area (Å²) in [6.07, 6.45) is 10.3. The lowest BCUT2D eigenvalue weighted by molar-refractivity contribution is -0.125. The van der Waals surface area contributed by atoms with Gasteiger partial charge in [0.05, 0.1) is 5.56 Å². The molecule has 0 spiro atoms. The summed E-state index contributed by atoms with van der Waals surface area (Å²) in [5.41, 5.74) is 0.271. The maximum atomic E-state index is 12.8. The fraction of sp³-hybridized carbons (Fsp3) is 0.619. The number of nitrogens with zero attached hydrogens (tertiary/aromatic N) is 1. The molecule has 26 heavy (non-hydrogen) atoms. The summed E-state index contributed by atoms with van der Waals surface area (Å²) in [6.45, 7) is 1.28. The predicted octanol–water partition coefficient (Wildman–Crippen LogP) is 3.47. The smallest absolute Gasteiger partial charge is 0.258 e. The van der Waals surface area contributed by atoms with Gasteiger partial charge in [0, 0.05) is 13.1 Å². The Kier molecular flexibility index (Phi) is 6.53. The molecule has 0 radical (unpaired) electrons. The van der Waals surface area contributed by atoms with E-state index in [0.29, 0.717) is 25.4 Å². The topological polar surface area (TPSA) is 69.6 Å².